The zero-order valence-electron chi connectivity index (χ0n) is 23.6. The fourth-order valence-corrected chi connectivity index (χ4v) is 6.94. The number of hydrogen-bond acceptors (Lipinski definition) is 7. The summed E-state index contributed by atoms with van der Waals surface area (Å²) in [5, 5.41) is 16.8. The van der Waals surface area contributed by atoms with Gasteiger partial charge in [-0.1, -0.05) is 12.1 Å². The molecule has 3 amide bonds. The van der Waals surface area contributed by atoms with Crippen molar-refractivity contribution in [1.29, 1.82) is 0 Å². The fourth-order valence-electron chi connectivity index (χ4n) is 6.94. The summed E-state index contributed by atoms with van der Waals surface area (Å²) in [4.78, 5) is 44.3. The molecule has 2 heterocycles. The van der Waals surface area contributed by atoms with Crippen molar-refractivity contribution >= 4 is 17.7 Å². The molecule has 3 aliphatic rings. The van der Waals surface area contributed by atoms with Gasteiger partial charge in [0.25, 0.3) is 0 Å². The minimum absolute atomic E-state index is 0.0709. The average molecular weight is 568 g/mol. The summed E-state index contributed by atoms with van der Waals surface area (Å²) >= 11 is 0. The van der Waals surface area contributed by atoms with Gasteiger partial charge < -0.3 is 16.8 Å². The van der Waals surface area contributed by atoms with Crippen LogP contribution in [0.3, 0.4) is 0 Å². The Balaban J connectivity index is 1.42. The zero-order chi connectivity index (χ0) is 29.8. The molecule has 1 saturated carbocycles. The highest BCUT2D eigenvalue weighted by atomic mass is 16.2. The third-order valence-corrected chi connectivity index (χ3v) is 8.98. The largest absolute Gasteiger partial charge is 0.366 e. The summed E-state index contributed by atoms with van der Waals surface area (Å²) in [5.74, 6) is -0.208. The molecule has 0 spiro atoms. The summed E-state index contributed by atoms with van der Waals surface area (Å²) in [6.45, 7) is 9.62. The van der Waals surface area contributed by atoms with E-state index < -0.39 is 17.2 Å². The topological polar surface area (TPSA) is 166 Å². The third-order valence-electron chi connectivity index (χ3n) is 8.98. The number of nitrogens with one attached hydrogen (secondary N) is 1. The summed E-state index contributed by atoms with van der Waals surface area (Å²) in [6, 6.07) is 10.8. The first-order valence-corrected chi connectivity index (χ1v) is 14.1. The number of carbonyl (C=O) groups excluding carboxylic acids is 3. The fraction of sp³-hybridized carbons (Fsp3) is 0.433. The van der Waals surface area contributed by atoms with Crippen LogP contribution in [0.5, 0.6) is 0 Å². The predicted molar refractivity (Wildman–Crippen MR) is 152 cm³/mol. The molecule has 1 aliphatic heterocycles. The third kappa shape index (κ3) is 4.59. The van der Waals surface area contributed by atoms with Crippen molar-refractivity contribution in [3.8, 4) is 0 Å². The van der Waals surface area contributed by atoms with E-state index in [0.717, 1.165) is 35.1 Å². The average Bonchev–Trinajstić information content (AvgIpc) is 3.46. The molecule has 4 atom stereocenters. The van der Waals surface area contributed by atoms with Gasteiger partial charge in [-0.05, 0) is 90.3 Å². The van der Waals surface area contributed by atoms with E-state index in [0.29, 0.717) is 42.1 Å². The Kier molecular flexibility index (Phi) is 6.77. The van der Waals surface area contributed by atoms with E-state index in [2.05, 4.69) is 25.6 Å². The molecule has 1 saturated heterocycles. The first-order valence-electron chi connectivity index (χ1n) is 14.1. The van der Waals surface area contributed by atoms with E-state index in [-0.39, 0.29) is 30.7 Å². The van der Waals surface area contributed by atoms with Crippen LogP contribution in [0.2, 0.25) is 0 Å². The van der Waals surface area contributed by atoms with Gasteiger partial charge in [0.05, 0.1) is 19.0 Å². The molecule has 1 aromatic heterocycles. The standard InChI is InChI=1S/C30H33N9O3/c1-16(34-15-26(40)39-24-12-21(24)13-25(39)33-2)14-30(29-35-37-38(3)36-29)22-8-6-19(27(31)41)10-17(22)4-5-18-11-20(28(32)42)7-9-23(18)30/h6-11,16,21,24-25,34H,4-5,12-15H2,1,3H3,(H2,31,41)(H2,32,42)/t16-,21+,24+,25+/m1/s1. The molecule has 12 nitrogen and oxygen atoms in total. The van der Waals surface area contributed by atoms with Gasteiger partial charge in [-0.15, -0.1) is 10.2 Å². The molecule has 2 aliphatic carbocycles. The number of tetrazole rings is 1. The van der Waals surface area contributed by atoms with Crippen LogP contribution in [0.4, 0.5) is 0 Å². The molecule has 0 bridgehead atoms. The Bertz CT molecular complexity index is 1580. The first-order chi connectivity index (χ1) is 20.1. The van der Waals surface area contributed by atoms with Gasteiger partial charge in [0.1, 0.15) is 0 Å². The van der Waals surface area contributed by atoms with Crippen molar-refractivity contribution in [2.45, 2.75) is 62.7 Å². The van der Waals surface area contributed by atoms with Crippen LogP contribution in [-0.2, 0) is 30.1 Å². The molecule has 0 unspecified atom stereocenters. The number of amides is 3. The van der Waals surface area contributed by atoms with Crippen LogP contribution in [0, 0.1) is 12.5 Å². The second kappa shape index (κ2) is 10.3. The number of nitrogens with two attached hydrogens (primary N) is 2. The van der Waals surface area contributed by atoms with E-state index in [1.165, 1.54) is 4.80 Å². The highest BCUT2D eigenvalue weighted by molar-refractivity contribution is 5.94. The smallest absolute Gasteiger partial charge is 0.301 e. The van der Waals surface area contributed by atoms with Crippen LogP contribution in [0.25, 0.3) is 4.85 Å². The van der Waals surface area contributed by atoms with Crippen molar-refractivity contribution < 1.29 is 14.4 Å². The van der Waals surface area contributed by atoms with Gasteiger partial charge in [0.2, 0.25) is 17.7 Å². The normalized spacial score (nSPS) is 22.2. The van der Waals surface area contributed by atoms with Gasteiger partial charge in [0.15, 0.2) is 5.82 Å². The van der Waals surface area contributed by atoms with Crippen LogP contribution in [0.15, 0.2) is 36.4 Å². The highest BCUT2D eigenvalue weighted by Gasteiger charge is 2.57. The van der Waals surface area contributed by atoms with Gasteiger partial charge >= 0.3 is 6.17 Å². The van der Waals surface area contributed by atoms with Crippen LogP contribution >= 0.6 is 0 Å². The number of carbonyl (C=O) groups is 3. The molecule has 5 N–H and O–H groups in total. The maximum absolute atomic E-state index is 13.3. The molecular weight excluding hydrogens is 534 g/mol. The monoisotopic (exact) mass is 567 g/mol. The summed E-state index contributed by atoms with van der Waals surface area (Å²) < 4.78 is 0. The van der Waals surface area contributed by atoms with E-state index in [1.807, 2.05) is 31.2 Å². The van der Waals surface area contributed by atoms with Gasteiger partial charge in [0, 0.05) is 29.6 Å². The number of hydrogen-bond donors (Lipinski definition) is 3. The van der Waals surface area contributed by atoms with Crippen molar-refractivity contribution in [3.05, 3.63) is 87.0 Å². The number of nitrogens with zero attached hydrogens (tertiary/aromatic N) is 6. The molecule has 42 heavy (non-hydrogen) atoms. The molecule has 6 rings (SSSR count). The predicted octanol–water partition coefficient (Wildman–Crippen LogP) is 1.08. The summed E-state index contributed by atoms with van der Waals surface area (Å²) in [7, 11) is 1.70. The number of fused-ring (bicyclic) bond motifs is 3. The number of aromatic nitrogens is 4. The lowest BCUT2D eigenvalue weighted by Crippen LogP contribution is -2.46. The second-order valence-corrected chi connectivity index (χ2v) is 11.7. The van der Waals surface area contributed by atoms with Crippen molar-refractivity contribution in [1.82, 2.24) is 30.4 Å². The molecule has 3 aromatic rings. The Hall–Kier alpha value is -4.63. The Morgan fingerprint density at radius 3 is 2.21 bits per heavy atom. The molecule has 2 aromatic carbocycles. The van der Waals surface area contributed by atoms with Crippen molar-refractivity contribution in [2.75, 3.05) is 6.54 Å². The molecule has 216 valence electrons. The first kappa shape index (κ1) is 27.5. The highest BCUT2D eigenvalue weighted by Crippen LogP contribution is 2.49. The maximum Gasteiger partial charge on any atom is 0.301 e. The molecule has 2 fully saturated rings. The molecule has 12 heteroatoms. The van der Waals surface area contributed by atoms with Gasteiger partial charge in [-0.25, -0.2) is 6.57 Å². The van der Waals surface area contributed by atoms with Crippen LogP contribution < -0.4 is 16.8 Å². The van der Waals surface area contributed by atoms with Crippen molar-refractivity contribution in [3.63, 3.8) is 0 Å². The Labute approximate surface area is 243 Å². The molecule has 0 radical (unpaired) electrons. The number of primary amides is 2. The second-order valence-electron chi connectivity index (χ2n) is 11.7. The maximum atomic E-state index is 13.3. The Morgan fingerprint density at radius 2 is 1.69 bits per heavy atom. The quantitative estimate of drug-likeness (QED) is 0.342. The number of benzene rings is 2. The Morgan fingerprint density at radius 1 is 1.07 bits per heavy atom. The van der Waals surface area contributed by atoms with E-state index in [4.69, 9.17) is 18.0 Å². The number of rotatable bonds is 8. The van der Waals surface area contributed by atoms with Crippen LogP contribution in [0.1, 0.15) is 75.0 Å². The molecular formula is C30H33N9O3. The number of piperidine rings is 1. The van der Waals surface area contributed by atoms with E-state index in [1.54, 1.807) is 24.1 Å². The number of likely N-dealkylation sites (tertiary alicyclic amines) is 1. The van der Waals surface area contributed by atoms with Crippen LogP contribution in [-0.4, -0.2) is 67.6 Å². The summed E-state index contributed by atoms with van der Waals surface area (Å²) in [6.07, 6.45) is 2.96. The lowest BCUT2D eigenvalue weighted by atomic mass is 9.67. The minimum Gasteiger partial charge on any atom is -0.366 e. The van der Waals surface area contributed by atoms with Gasteiger partial charge in [-0.2, -0.15) is 4.80 Å². The van der Waals surface area contributed by atoms with E-state index >= 15 is 0 Å². The SMILES string of the molecule is [C-]#[N+][C@@H]1C[C@@H]2C[C@@H]2N1C(=O)CN[C@H](C)CC1(c2nnn(C)n2)c2ccc(C(N)=O)cc2CCc2cc(C(N)=O)ccc21. The minimum atomic E-state index is -0.939. The number of aryl methyl sites for hydroxylation is 3. The van der Waals surface area contributed by atoms with Crippen molar-refractivity contribution in [2.24, 2.45) is 24.4 Å². The lowest BCUT2D eigenvalue weighted by molar-refractivity contribution is -0.131. The lowest BCUT2D eigenvalue weighted by Gasteiger charge is -2.36. The summed E-state index contributed by atoms with van der Waals surface area (Å²) in [5.41, 5.74) is 14.8. The zero-order valence-corrected chi connectivity index (χ0v) is 23.6. The van der Waals surface area contributed by atoms with E-state index in [9.17, 15) is 14.4 Å². The van der Waals surface area contributed by atoms with Gasteiger partial charge in [-0.3, -0.25) is 24.1 Å².